The molecule has 0 saturated heterocycles. The number of carbonyl (C=O) groups excluding carboxylic acids is 3. The van der Waals surface area contributed by atoms with Gasteiger partial charge in [-0.3, -0.25) is 14.4 Å². The molecule has 0 aliphatic heterocycles. The molecule has 1 unspecified atom stereocenters. The van der Waals surface area contributed by atoms with E-state index in [0.717, 1.165) is 89.9 Å². The molecule has 0 heterocycles. The molecule has 0 aliphatic rings. The van der Waals surface area contributed by atoms with Crippen LogP contribution in [0.15, 0.2) is 134 Å². The van der Waals surface area contributed by atoms with Gasteiger partial charge in [0.1, 0.15) is 13.2 Å². The Kier molecular flexibility index (Phi) is 48.6. The van der Waals surface area contributed by atoms with Gasteiger partial charge in [0.05, 0.1) is 0 Å². The largest absolute Gasteiger partial charge is 0.462 e. The summed E-state index contributed by atoms with van der Waals surface area (Å²) in [4.78, 5) is 37.9. The van der Waals surface area contributed by atoms with E-state index in [-0.39, 0.29) is 31.1 Å². The first-order valence-electron chi connectivity index (χ1n) is 25.8. The normalized spacial score (nSPS) is 13.2. The maximum Gasteiger partial charge on any atom is 0.306 e. The Morgan fingerprint density at radius 1 is 0.338 bits per heavy atom. The lowest BCUT2D eigenvalue weighted by atomic mass is 10.1. The van der Waals surface area contributed by atoms with Gasteiger partial charge in [0.2, 0.25) is 0 Å². The monoisotopic (exact) mass is 897 g/mol. The highest BCUT2D eigenvalue weighted by atomic mass is 16.6. The van der Waals surface area contributed by atoms with E-state index in [9.17, 15) is 14.4 Å². The zero-order chi connectivity index (χ0) is 47.2. The van der Waals surface area contributed by atoms with Crippen LogP contribution in [-0.2, 0) is 28.6 Å². The molecule has 364 valence electrons. The molecule has 0 aromatic heterocycles. The third-order valence-electron chi connectivity index (χ3n) is 10.3. The minimum absolute atomic E-state index is 0.115. The lowest BCUT2D eigenvalue weighted by molar-refractivity contribution is -0.167. The van der Waals surface area contributed by atoms with E-state index >= 15 is 0 Å². The van der Waals surface area contributed by atoms with Crippen LogP contribution < -0.4 is 0 Å². The van der Waals surface area contributed by atoms with E-state index in [1.54, 1.807) is 0 Å². The fourth-order valence-electron chi connectivity index (χ4n) is 6.50. The predicted molar refractivity (Wildman–Crippen MR) is 279 cm³/mol. The van der Waals surface area contributed by atoms with E-state index < -0.39 is 6.10 Å². The predicted octanol–water partition coefficient (Wildman–Crippen LogP) is 17.1. The second-order valence-corrected chi connectivity index (χ2v) is 16.5. The molecule has 0 amide bonds. The quantitative estimate of drug-likeness (QED) is 0.0199. The fourth-order valence-corrected chi connectivity index (χ4v) is 6.50. The van der Waals surface area contributed by atoms with E-state index in [4.69, 9.17) is 14.2 Å². The summed E-state index contributed by atoms with van der Waals surface area (Å²) >= 11 is 0. The van der Waals surface area contributed by atoms with Crippen molar-refractivity contribution >= 4 is 17.9 Å². The SMILES string of the molecule is CC\C=C/C=C\C=C/C=C\C=C\C=C/C=C\CCCCCC(=O)OCC(COC(=O)CCC/C=C\CCCCCC)OC(=O)CCCCCCCCCCC/C=C\C/C=C\C/C=C\CC. The molecule has 0 aliphatic carbocycles. The second-order valence-electron chi connectivity index (χ2n) is 16.5. The van der Waals surface area contributed by atoms with Crippen molar-refractivity contribution in [2.24, 2.45) is 0 Å². The third kappa shape index (κ3) is 50.4. The Morgan fingerprint density at radius 3 is 1.22 bits per heavy atom. The van der Waals surface area contributed by atoms with Gasteiger partial charge in [0.25, 0.3) is 0 Å². The summed E-state index contributed by atoms with van der Waals surface area (Å²) in [5.74, 6) is -1.01. The van der Waals surface area contributed by atoms with Crippen molar-refractivity contribution in [2.75, 3.05) is 13.2 Å². The van der Waals surface area contributed by atoms with Crippen LogP contribution >= 0.6 is 0 Å². The Hall–Kier alpha value is -4.45. The van der Waals surface area contributed by atoms with Crippen LogP contribution in [0.25, 0.3) is 0 Å². The molecule has 0 bridgehead atoms. The van der Waals surface area contributed by atoms with Crippen LogP contribution in [0.5, 0.6) is 0 Å². The van der Waals surface area contributed by atoms with Gasteiger partial charge in [-0.05, 0) is 89.9 Å². The Balaban J connectivity index is 4.47. The van der Waals surface area contributed by atoms with Crippen LogP contribution in [0, 0.1) is 0 Å². The number of allylic oxidation sites excluding steroid dienone is 22. The first-order valence-corrected chi connectivity index (χ1v) is 25.8. The third-order valence-corrected chi connectivity index (χ3v) is 10.3. The van der Waals surface area contributed by atoms with Crippen LogP contribution in [0.3, 0.4) is 0 Å². The summed E-state index contributed by atoms with van der Waals surface area (Å²) in [6, 6.07) is 0. The summed E-state index contributed by atoms with van der Waals surface area (Å²) in [5, 5.41) is 0. The number of hydrogen-bond acceptors (Lipinski definition) is 6. The number of rotatable bonds is 44. The van der Waals surface area contributed by atoms with Crippen molar-refractivity contribution in [2.45, 2.75) is 207 Å². The van der Waals surface area contributed by atoms with Gasteiger partial charge in [-0.25, -0.2) is 0 Å². The highest BCUT2D eigenvalue weighted by Gasteiger charge is 2.19. The van der Waals surface area contributed by atoms with E-state index in [2.05, 4.69) is 81.5 Å². The highest BCUT2D eigenvalue weighted by Crippen LogP contribution is 2.13. The molecule has 0 rings (SSSR count). The first-order chi connectivity index (χ1) is 32.0. The molecule has 0 saturated carbocycles. The molecule has 6 nitrogen and oxygen atoms in total. The summed E-state index contributed by atoms with van der Waals surface area (Å²) < 4.78 is 16.7. The van der Waals surface area contributed by atoms with Crippen molar-refractivity contribution in [3.05, 3.63) is 134 Å². The molecule has 0 fully saturated rings. The van der Waals surface area contributed by atoms with Crippen molar-refractivity contribution in [3.8, 4) is 0 Å². The fraction of sp³-hybridized carbons (Fsp3) is 0.576. The zero-order valence-electron chi connectivity index (χ0n) is 41.4. The molecule has 0 spiro atoms. The van der Waals surface area contributed by atoms with Gasteiger partial charge in [0.15, 0.2) is 6.10 Å². The number of ether oxygens (including phenoxy) is 3. The molecule has 65 heavy (non-hydrogen) atoms. The standard InChI is InChI=1S/C59H92O6/c1-4-7-10-13-16-19-21-23-25-27-29-31-33-35-37-40-43-46-49-52-58(61)64-55-56(54-63-57(60)51-48-45-42-39-18-15-12-9-6-3)65-59(62)53-50-47-44-41-38-36-34-32-30-28-26-24-22-20-17-14-11-8-5-2/h7-8,10-11,13,16-17,19-21,23-27,29,31,33,35,37,39,42,56H,4-6,9,12,14-15,18,22,28,30,32,34,36,38,40-41,43-55H2,1-3H3/b10-7-,11-8-,16-13-,20-17-,21-19-,25-23-,26-24-,29-27+,33-31-,37-35-,42-39-. The van der Waals surface area contributed by atoms with Crippen LogP contribution in [0.2, 0.25) is 0 Å². The molecular weight excluding hydrogens is 805 g/mol. The number of carbonyl (C=O) groups is 3. The topological polar surface area (TPSA) is 78.9 Å². The molecular formula is C59H92O6. The van der Waals surface area contributed by atoms with Gasteiger partial charge >= 0.3 is 17.9 Å². The Labute approximate surface area is 398 Å². The zero-order valence-corrected chi connectivity index (χ0v) is 41.4. The van der Waals surface area contributed by atoms with Crippen LogP contribution in [0.1, 0.15) is 201 Å². The van der Waals surface area contributed by atoms with Gasteiger partial charge in [-0.2, -0.15) is 0 Å². The van der Waals surface area contributed by atoms with Gasteiger partial charge < -0.3 is 14.2 Å². The van der Waals surface area contributed by atoms with E-state index in [1.807, 2.05) is 72.9 Å². The van der Waals surface area contributed by atoms with Gasteiger partial charge in [0, 0.05) is 19.3 Å². The highest BCUT2D eigenvalue weighted by molar-refractivity contribution is 5.71. The van der Waals surface area contributed by atoms with Crippen molar-refractivity contribution in [1.82, 2.24) is 0 Å². The molecule has 1 atom stereocenters. The molecule has 0 aromatic rings. The summed E-state index contributed by atoms with van der Waals surface area (Å²) in [5.41, 5.74) is 0. The smallest absolute Gasteiger partial charge is 0.306 e. The summed E-state index contributed by atoms with van der Waals surface area (Å²) in [7, 11) is 0. The molecule has 6 heteroatoms. The number of hydrogen-bond donors (Lipinski definition) is 0. The van der Waals surface area contributed by atoms with Gasteiger partial charge in [-0.1, -0.05) is 225 Å². The number of esters is 3. The summed E-state index contributed by atoms with van der Waals surface area (Å²) in [6.07, 6.45) is 73.0. The maximum absolute atomic E-state index is 12.8. The van der Waals surface area contributed by atoms with Crippen molar-refractivity contribution in [3.63, 3.8) is 0 Å². The summed E-state index contributed by atoms with van der Waals surface area (Å²) in [6.45, 7) is 6.26. The van der Waals surface area contributed by atoms with Crippen molar-refractivity contribution < 1.29 is 28.6 Å². The van der Waals surface area contributed by atoms with E-state index in [1.165, 1.54) is 64.2 Å². The average Bonchev–Trinajstić information content (AvgIpc) is 3.30. The van der Waals surface area contributed by atoms with Gasteiger partial charge in [-0.15, -0.1) is 0 Å². The van der Waals surface area contributed by atoms with Crippen LogP contribution in [0.4, 0.5) is 0 Å². The van der Waals surface area contributed by atoms with E-state index in [0.29, 0.717) is 25.7 Å². The van der Waals surface area contributed by atoms with Crippen molar-refractivity contribution in [1.29, 1.82) is 0 Å². The molecule has 0 N–H and O–H groups in total. The average molecular weight is 897 g/mol. The second kappa shape index (κ2) is 52.2. The molecule has 0 radical (unpaired) electrons. The Morgan fingerprint density at radius 2 is 0.692 bits per heavy atom. The lowest BCUT2D eigenvalue weighted by Crippen LogP contribution is -2.30. The lowest BCUT2D eigenvalue weighted by Gasteiger charge is -2.18. The minimum atomic E-state index is -0.815. The Bertz CT molecular complexity index is 1450. The maximum atomic E-state index is 12.8. The molecule has 0 aromatic carbocycles. The first kappa shape index (κ1) is 60.5. The number of unbranched alkanes of at least 4 members (excludes halogenated alkanes) is 17. The minimum Gasteiger partial charge on any atom is -0.462 e. The van der Waals surface area contributed by atoms with Crippen LogP contribution in [-0.4, -0.2) is 37.2 Å².